The molecule has 0 radical (unpaired) electrons. The normalized spacial score (nSPS) is 12.5. The van der Waals surface area contributed by atoms with Crippen molar-refractivity contribution >= 4 is 5.97 Å². The van der Waals surface area contributed by atoms with Crippen LogP contribution >= 0.6 is 0 Å². The lowest BCUT2D eigenvalue weighted by Crippen LogP contribution is -2.28. The van der Waals surface area contributed by atoms with Gasteiger partial charge in [-0.05, 0) is 19.4 Å². The highest BCUT2D eigenvalue weighted by molar-refractivity contribution is 5.72. The largest absolute Gasteiger partial charge is 0.479 e. The van der Waals surface area contributed by atoms with Crippen molar-refractivity contribution in [3.05, 3.63) is 0 Å². The summed E-state index contributed by atoms with van der Waals surface area (Å²) >= 11 is 0. The Morgan fingerprint density at radius 3 is 2.00 bits per heavy atom. The molecule has 3 N–H and O–H groups in total. The van der Waals surface area contributed by atoms with Gasteiger partial charge in [0.15, 0.2) is 6.10 Å². The number of rotatable bonds is 16. The van der Waals surface area contributed by atoms with Crippen molar-refractivity contribution in [1.82, 2.24) is 0 Å². The first-order valence-corrected chi connectivity index (χ1v) is 7.50. The number of unbranched alkanes of at least 4 members (excludes halogenated alkanes) is 1. The molecule has 1 unspecified atom stereocenters. The third-order valence-corrected chi connectivity index (χ3v) is 2.64. The fourth-order valence-corrected chi connectivity index (χ4v) is 1.47. The molecule has 0 aliphatic heterocycles. The standard InChI is InChI=1S/C14H29NO6/c1-2-3-6-18-7-8-19-9-10-20-11-12-21-13(4-5-15)14(16)17/h13H,2-12,15H2,1H3,(H,16,17). The van der Waals surface area contributed by atoms with Crippen molar-refractivity contribution < 1.29 is 28.8 Å². The Bertz CT molecular complexity index is 240. The van der Waals surface area contributed by atoms with E-state index >= 15 is 0 Å². The quantitative estimate of drug-likeness (QED) is 0.404. The van der Waals surface area contributed by atoms with E-state index in [0.717, 1.165) is 19.4 Å². The number of hydrogen-bond acceptors (Lipinski definition) is 6. The molecule has 0 aliphatic carbocycles. The molecule has 1 atom stereocenters. The average molecular weight is 307 g/mol. The molecular weight excluding hydrogens is 278 g/mol. The molecule has 7 nitrogen and oxygen atoms in total. The van der Waals surface area contributed by atoms with E-state index in [4.69, 9.17) is 29.8 Å². The Kier molecular flexibility index (Phi) is 15.1. The average Bonchev–Trinajstić information content (AvgIpc) is 2.47. The summed E-state index contributed by atoms with van der Waals surface area (Å²) in [5, 5.41) is 8.83. The summed E-state index contributed by atoms with van der Waals surface area (Å²) in [4.78, 5) is 10.8. The molecule has 126 valence electrons. The molecule has 0 amide bonds. The molecule has 0 saturated heterocycles. The summed E-state index contributed by atoms with van der Waals surface area (Å²) in [6.45, 7) is 5.85. The van der Waals surface area contributed by atoms with Gasteiger partial charge in [-0.3, -0.25) is 0 Å². The zero-order chi connectivity index (χ0) is 15.8. The lowest BCUT2D eigenvalue weighted by molar-refractivity contribution is -0.151. The van der Waals surface area contributed by atoms with E-state index in [1.807, 2.05) is 0 Å². The minimum Gasteiger partial charge on any atom is -0.479 e. The van der Waals surface area contributed by atoms with Crippen LogP contribution in [0.3, 0.4) is 0 Å². The molecule has 7 heteroatoms. The highest BCUT2D eigenvalue weighted by atomic mass is 16.6. The molecule has 0 spiro atoms. The van der Waals surface area contributed by atoms with Crippen LogP contribution in [-0.2, 0) is 23.7 Å². The van der Waals surface area contributed by atoms with Crippen molar-refractivity contribution in [1.29, 1.82) is 0 Å². The van der Waals surface area contributed by atoms with Crippen molar-refractivity contribution in [3.8, 4) is 0 Å². The fourth-order valence-electron chi connectivity index (χ4n) is 1.47. The molecular formula is C14H29NO6. The third-order valence-electron chi connectivity index (χ3n) is 2.64. The second kappa shape index (κ2) is 15.7. The molecule has 0 aliphatic rings. The second-order valence-electron chi connectivity index (χ2n) is 4.47. The monoisotopic (exact) mass is 307 g/mol. The fraction of sp³-hybridized carbons (Fsp3) is 0.929. The molecule has 21 heavy (non-hydrogen) atoms. The SMILES string of the molecule is CCCCOCCOCCOCCOC(CCN)C(=O)O. The van der Waals surface area contributed by atoms with Gasteiger partial charge in [-0.2, -0.15) is 0 Å². The van der Waals surface area contributed by atoms with Gasteiger partial charge < -0.3 is 29.8 Å². The maximum Gasteiger partial charge on any atom is 0.332 e. The molecule has 0 bridgehead atoms. The van der Waals surface area contributed by atoms with Crippen LogP contribution in [-0.4, -0.2) is 70.0 Å². The van der Waals surface area contributed by atoms with Crippen LogP contribution in [0.2, 0.25) is 0 Å². The lowest BCUT2D eigenvalue weighted by Gasteiger charge is -2.12. The first-order chi connectivity index (χ1) is 10.2. The summed E-state index contributed by atoms with van der Waals surface area (Å²) in [5.74, 6) is -0.994. The number of carboxylic acids is 1. The lowest BCUT2D eigenvalue weighted by atomic mass is 10.2. The van der Waals surface area contributed by atoms with Crippen LogP contribution in [0.15, 0.2) is 0 Å². The van der Waals surface area contributed by atoms with E-state index in [9.17, 15) is 4.79 Å². The van der Waals surface area contributed by atoms with E-state index in [1.54, 1.807) is 0 Å². The smallest absolute Gasteiger partial charge is 0.332 e. The number of hydrogen-bond donors (Lipinski definition) is 2. The number of carbonyl (C=O) groups is 1. The molecule has 0 saturated carbocycles. The number of carboxylic acid groups (broad SMARTS) is 1. The van der Waals surface area contributed by atoms with Gasteiger partial charge in [0.25, 0.3) is 0 Å². The van der Waals surface area contributed by atoms with E-state index < -0.39 is 12.1 Å². The van der Waals surface area contributed by atoms with Crippen LogP contribution < -0.4 is 5.73 Å². The van der Waals surface area contributed by atoms with Gasteiger partial charge in [-0.25, -0.2) is 4.79 Å². The van der Waals surface area contributed by atoms with Gasteiger partial charge in [-0.1, -0.05) is 13.3 Å². The van der Waals surface area contributed by atoms with Crippen LogP contribution in [0.25, 0.3) is 0 Å². The maximum atomic E-state index is 10.8. The van der Waals surface area contributed by atoms with Gasteiger partial charge in [0.2, 0.25) is 0 Å². The number of ether oxygens (including phenoxy) is 4. The number of nitrogens with two attached hydrogens (primary N) is 1. The first-order valence-electron chi connectivity index (χ1n) is 7.50. The van der Waals surface area contributed by atoms with Crippen molar-refractivity contribution in [2.75, 3.05) is 52.8 Å². The van der Waals surface area contributed by atoms with Gasteiger partial charge in [0.05, 0.1) is 39.6 Å². The Morgan fingerprint density at radius 2 is 1.52 bits per heavy atom. The maximum absolute atomic E-state index is 10.8. The first kappa shape index (κ1) is 20.3. The Morgan fingerprint density at radius 1 is 1.00 bits per heavy atom. The zero-order valence-corrected chi connectivity index (χ0v) is 12.9. The Labute approximate surface area is 126 Å². The second-order valence-corrected chi connectivity index (χ2v) is 4.47. The topological polar surface area (TPSA) is 100 Å². The van der Waals surface area contributed by atoms with Gasteiger partial charge in [0, 0.05) is 6.61 Å². The molecule has 0 fully saturated rings. The van der Waals surface area contributed by atoms with Gasteiger partial charge >= 0.3 is 5.97 Å². The van der Waals surface area contributed by atoms with Crippen LogP contribution in [0, 0.1) is 0 Å². The Balaban J connectivity index is 3.23. The summed E-state index contributed by atoms with van der Waals surface area (Å²) in [5.41, 5.74) is 5.30. The molecule has 0 aromatic rings. The zero-order valence-electron chi connectivity index (χ0n) is 12.9. The van der Waals surface area contributed by atoms with E-state index in [-0.39, 0.29) is 13.2 Å². The van der Waals surface area contributed by atoms with Crippen molar-refractivity contribution in [2.45, 2.75) is 32.3 Å². The van der Waals surface area contributed by atoms with Crippen LogP contribution in [0.5, 0.6) is 0 Å². The van der Waals surface area contributed by atoms with E-state index in [2.05, 4.69) is 6.92 Å². The minimum atomic E-state index is -0.994. The van der Waals surface area contributed by atoms with Gasteiger partial charge in [-0.15, -0.1) is 0 Å². The highest BCUT2D eigenvalue weighted by Gasteiger charge is 2.16. The van der Waals surface area contributed by atoms with E-state index in [1.165, 1.54) is 0 Å². The predicted octanol–water partition coefficient (Wildman–Crippen LogP) is 0.655. The van der Waals surface area contributed by atoms with Crippen molar-refractivity contribution in [2.24, 2.45) is 5.73 Å². The summed E-state index contributed by atoms with van der Waals surface area (Å²) in [6.07, 6.45) is 1.65. The molecule has 0 aromatic heterocycles. The molecule has 0 heterocycles. The summed E-state index contributed by atoms with van der Waals surface area (Å²) in [6, 6.07) is 0. The summed E-state index contributed by atoms with van der Waals surface area (Å²) < 4.78 is 21.1. The number of aliphatic carboxylic acids is 1. The van der Waals surface area contributed by atoms with E-state index in [0.29, 0.717) is 39.5 Å². The molecule has 0 aromatic carbocycles. The third kappa shape index (κ3) is 14.0. The van der Waals surface area contributed by atoms with Gasteiger partial charge in [0.1, 0.15) is 0 Å². The minimum absolute atomic E-state index is 0.233. The predicted molar refractivity (Wildman–Crippen MR) is 78.4 cm³/mol. The van der Waals surface area contributed by atoms with Crippen LogP contribution in [0.1, 0.15) is 26.2 Å². The highest BCUT2D eigenvalue weighted by Crippen LogP contribution is 1.97. The summed E-state index contributed by atoms with van der Waals surface area (Å²) in [7, 11) is 0. The van der Waals surface area contributed by atoms with Crippen LogP contribution in [0.4, 0.5) is 0 Å². The Hall–Kier alpha value is -0.730. The molecule has 0 rings (SSSR count). The van der Waals surface area contributed by atoms with Crippen molar-refractivity contribution in [3.63, 3.8) is 0 Å².